The van der Waals surface area contributed by atoms with E-state index in [-0.39, 0.29) is 12.1 Å². The number of nitrogens with two attached hydrogens (primary N) is 1. The summed E-state index contributed by atoms with van der Waals surface area (Å²) in [4.78, 5) is 0. The summed E-state index contributed by atoms with van der Waals surface area (Å²) < 4.78 is 5.95. The lowest BCUT2D eigenvalue weighted by Crippen LogP contribution is -2.35. The lowest BCUT2D eigenvalue weighted by molar-refractivity contribution is 0.0193. The number of ether oxygens (including phenoxy) is 1. The molecule has 1 heterocycles. The molecule has 3 rings (SSSR count). The zero-order valence-electron chi connectivity index (χ0n) is 11.0. The molecular formula is C16H23NO. The van der Waals surface area contributed by atoms with Gasteiger partial charge in [0.2, 0.25) is 0 Å². The maximum Gasteiger partial charge on any atom is 0.0978 e. The van der Waals surface area contributed by atoms with Gasteiger partial charge in [-0.05, 0) is 29.9 Å². The highest BCUT2D eigenvalue weighted by Crippen LogP contribution is 2.34. The van der Waals surface area contributed by atoms with Crippen LogP contribution in [0.1, 0.15) is 49.3 Å². The molecular weight excluding hydrogens is 222 g/mol. The van der Waals surface area contributed by atoms with Crippen molar-refractivity contribution in [1.29, 1.82) is 0 Å². The van der Waals surface area contributed by atoms with Crippen molar-refractivity contribution in [3.63, 3.8) is 0 Å². The van der Waals surface area contributed by atoms with E-state index in [9.17, 15) is 0 Å². The van der Waals surface area contributed by atoms with E-state index in [0.29, 0.717) is 0 Å². The van der Waals surface area contributed by atoms with E-state index in [1.165, 1.54) is 36.8 Å². The molecule has 1 aliphatic heterocycles. The summed E-state index contributed by atoms with van der Waals surface area (Å²) in [5, 5.41) is 0. The van der Waals surface area contributed by atoms with E-state index >= 15 is 0 Å². The minimum Gasteiger partial charge on any atom is -0.372 e. The number of hydrogen-bond donors (Lipinski definition) is 1. The third-order valence-electron chi connectivity index (χ3n) is 4.50. The Labute approximate surface area is 110 Å². The zero-order chi connectivity index (χ0) is 12.4. The number of rotatable bonds is 3. The van der Waals surface area contributed by atoms with E-state index in [1.807, 2.05) is 0 Å². The summed E-state index contributed by atoms with van der Waals surface area (Å²) >= 11 is 0. The van der Waals surface area contributed by atoms with Gasteiger partial charge >= 0.3 is 0 Å². The Kier molecular flexibility index (Phi) is 3.67. The minimum absolute atomic E-state index is 0.121. The van der Waals surface area contributed by atoms with Crippen LogP contribution in [-0.2, 0) is 11.2 Å². The van der Waals surface area contributed by atoms with Gasteiger partial charge in [0.25, 0.3) is 0 Å². The first-order chi connectivity index (χ1) is 8.84. The molecule has 2 heteroatoms. The normalized spacial score (nSPS) is 25.9. The van der Waals surface area contributed by atoms with E-state index in [2.05, 4.69) is 24.3 Å². The fourth-order valence-electron chi connectivity index (χ4n) is 3.53. The minimum atomic E-state index is 0.121. The average Bonchev–Trinajstić information content (AvgIpc) is 2.91. The Bertz CT molecular complexity index is 398. The van der Waals surface area contributed by atoms with Crippen molar-refractivity contribution >= 4 is 0 Å². The molecule has 0 bridgehead atoms. The molecule has 2 aliphatic rings. The van der Waals surface area contributed by atoms with Crippen LogP contribution < -0.4 is 5.73 Å². The molecule has 1 aromatic rings. The van der Waals surface area contributed by atoms with Crippen molar-refractivity contribution < 1.29 is 4.74 Å². The lowest BCUT2D eigenvalue weighted by atomic mass is 9.88. The Morgan fingerprint density at radius 1 is 1.22 bits per heavy atom. The first kappa shape index (κ1) is 12.2. The van der Waals surface area contributed by atoms with Crippen LogP contribution in [0.2, 0.25) is 0 Å². The highest BCUT2D eigenvalue weighted by atomic mass is 16.5. The standard InChI is InChI=1S/C16H23NO/c17-15(11-12-5-1-2-6-12)16-14-8-4-3-7-13(14)9-10-18-16/h3-4,7-8,12,15-16H,1-2,5-6,9-11,17H2. The molecule has 1 aliphatic carbocycles. The zero-order valence-corrected chi connectivity index (χ0v) is 11.0. The molecule has 18 heavy (non-hydrogen) atoms. The summed E-state index contributed by atoms with van der Waals surface area (Å²) in [6.45, 7) is 0.819. The number of benzene rings is 1. The van der Waals surface area contributed by atoms with Gasteiger partial charge in [-0.2, -0.15) is 0 Å². The second kappa shape index (κ2) is 5.41. The fourth-order valence-corrected chi connectivity index (χ4v) is 3.53. The molecule has 2 N–H and O–H groups in total. The van der Waals surface area contributed by atoms with Crippen LogP contribution >= 0.6 is 0 Å². The fraction of sp³-hybridized carbons (Fsp3) is 0.625. The van der Waals surface area contributed by atoms with E-state index in [4.69, 9.17) is 10.5 Å². The van der Waals surface area contributed by atoms with Crippen LogP contribution in [0.5, 0.6) is 0 Å². The van der Waals surface area contributed by atoms with Gasteiger partial charge in [-0.15, -0.1) is 0 Å². The first-order valence-corrected chi connectivity index (χ1v) is 7.29. The highest BCUT2D eigenvalue weighted by molar-refractivity contribution is 5.31. The maximum atomic E-state index is 6.42. The van der Waals surface area contributed by atoms with Crippen LogP contribution in [0, 0.1) is 5.92 Å². The Morgan fingerprint density at radius 3 is 2.83 bits per heavy atom. The van der Waals surface area contributed by atoms with Crippen molar-refractivity contribution in [2.24, 2.45) is 11.7 Å². The lowest BCUT2D eigenvalue weighted by Gasteiger charge is -2.31. The van der Waals surface area contributed by atoms with Crippen LogP contribution in [0.25, 0.3) is 0 Å². The Hall–Kier alpha value is -0.860. The number of hydrogen-bond acceptors (Lipinski definition) is 2. The van der Waals surface area contributed by atoms with Gasteiger partial charge in [-0.1, -0.05) is 49.9 Å². The molecule has 0 radical (unpaired) electrons. The van der Waals surface area contributed by atoms with Gasteiger partial charge in [0, 0.05) is 6.04 Å². The SMILES string of the molecule is NC(CC1CCCC1)C1OCCc2ccccc21. The van der Waals surface area contributed by atoms with Gasteiger partial charge in [0.1, 0.15) is 0 Å². The van der Waals surface area contributed by atoms with Gasteiger partial charge in [-0.3, -0.25) is 0 Å². The van der Waals surface area contributed by atoms with E-state index in [0.717, 1.165) is 25.4 Å². The molecule has 1 aromatic carbocycles. The van der Waals surface area contributed by atoms with Crippen LogP contribution in [0.4, 0.5) is 0 Å². The molecule has 1 saturated carbocycles. The van der Waals surface area contributed by atoms with Gasteiger partial charge in [0.15, 0.2) is 0 Å². The van der Waals surface area contributed by atoms with Crippen LogP contribution in [-0.4, -0.2) is 12.6 Å². The second-order valence-electron chi connectivity index (χ2n) is 5.79. The monoisotopic (exact) mass is 245 g/mol. The Balaban J connectivity index is 1.72. The topological polar surface area (TPSA) is 35.2 Å². The van der Waals surface area contributed by atoms with Crippen LogP contribution in [0.15, 0.2) is 24.3 Å². The van der Waals surface area contributed by atoms with Crippen molar-refractivity contribution in [2.45, 2.75) is 50.7 Å². The van der Waals surface area contributed by atoms with Gasteiger partial charge in [0.05, 0.1) is 12.7 Å². The van der Waals surface area contributed by atoms with Crippen molar-refractivity contribution in [2.75, 3.05) is 6.61 Å². The van der Waals surface area contributed by atoms with E-state index in [1.54, 1.807) is 0 Å². The first-order valence-electron chi connectivity index (χ1n) is 7.29. The molecule has 1 fully saturated rings. The molecule has 0 saturated heterocycles. The maximum absolute atomic E-state index is 6.42. The highest BCUT2D eigenvalue weighted by Gasteiger charge is 2.28. The van der Waals surface area contributed by atoms with E-state index < -0.39 is 0 Å². The van der Waals surface area contributed by atoms with Crippen molar-refractivity contribution in [1.82, 2.24) is 0 Å². The molecule has 0 spiro atoms. The number of fused-ring (bicyclic) bond motifs is 1. The predicted octanol–water partition coefficient (Wildman–Crippen LogP) is 3.21. The average molecular weight is 245 g/mol. The summed E-state index contributed by atoms with van der Waals surface area (Å²) in [6, 6.07) is 8.78. The second-order valence-corrected chi connectivity index (χ2v) is 5.79. The summed E-state index contributed by atoms with van der Waals surface area (Å²) in [5.74, 6) is 0.831. The molecule has 2 nitrogen and oxygen atoms in total. The third-order valence-corrected chi connectivity index (χ3v) is 4.50. The summed E-state index contributed by atoms with van der Waals surface area (Å²) in [6.07, 6.45) is 7.78. The molecule has 0 aromatic heterocycles. The van der Waals surface area contributed by atoms with Gasteiger partial charge < -0.3 is 10.5 Å². The van der Waals surface area contributed by atoms with Crippen molar-refractivity contribution in [3.8, 4) is 0 Å². The quantitative estimate of drug-likeness (QED) is 0.887. The van der Waals surface area contributed by atoms with Gasteiger partial charge in [-0.25, -0.2) is 0 Å². The smallest absolute Gasteiger partial charge is 0.0978 e. The predicted molar refractivity (Wildman–Crippen MR) is 73.4 cm³/mol. The van der Waals surface area contributed by atoms with Crippen LogP contribution in [0.3, 0.4) is 0 Å². The largest absolute Gasteiger partial charge is 0.372 e. The molecule has 2 unspecified atom stereocenters. The summed E-state index contributed by atoms with van der Waals surface area (Å²) in [5.41, 5.74) is 9.17. The Morgan fingerprint density at radius 2 is 2.00 bits per heavy atom. The molecule has 0 amide bonds. The van der Waals surface area contributed by atoms with Crippen molar-refractivity contribution in [3.05, 3.63) is 35.4 Å². The summed E-state index contributed by atoms with van der Waals surface area (Å²) in [7, 11) is 0. The third kappa shape index (κ3) is 2.45. The molecule has 2 atom stereocenters. The molecule has 98 valence electrons.